The Labute approximate surface area is 247 Å². The molecule has 0 saturated heterocycles. The van der Waals surface area contributed by atoms with E-state index >= 15 is 0 Å². The number of rotatable bonds is 9. The molecular formula is C33H43N5O4. The summed E-state index contributed by atoms with van der Waals surface area (Å²) < 4.78 is 0. The maximum absolute atomic E-state index is 13.7. The van der Waals surface area contributed by atoms with Crippen LogP contribution in [0, 0.1) is 20.8 Å². The van der Waals surface area contributed by atoms with Crippen molar-refractivity contribution in [2.45, 2.75) is 71.6 Å². The van der Waals surface area contributed by atoms with Crippen LogP contribution < -0.4 is 21.1 Å². The summed E-state index contributed by atoms with van der Waals surface area (Å²) in [6, 6.07) is 14.6. The average molecular weight is 574 g/mol. The van der Waals surface area contributed by atoms with Gasteiger partial charge in [-0.2, -0.15) is 0 Å². The number of benzene rings is 2. The van der Waals surface area contributed by atoms with Crippen molar-refractivity contribution in [3.63, 3.8) is 0 Å². The molecular weight excluding hydrogens is 530 g/mol. The number of aryl methyl sites for hydroxylation is 2. The molecule has 42 heavy (non-hydrogen) atoms. The van der Waals surface area contributed by atoms with Gasteiger partial charge in [-0.05, 0) is 107 Å². The van der Waals surface area contributed by atoms with Crippen molar-refractivity contribution in [1.82, 2.24) is 20.5 Å². The Morgan fingerprint density at radius 1 is 0.952 bits per heavy atom. The number of hydrogen-bond acceptors (Lipinski definition) is 5. The predicted octanol–water partition coefficient (Wildman–Crippen LogP) is 4.97. The van der Waals surface area contributed by atoms with Gasteiger partial charge in [0.15, 0.2) is 0 Å². The quantitative estimate of drug-likeness (QED) is 0.287. The van der Waals surface area contributed by atoms with Gasteiger partial charge in [-0.1, -0.05) is 24.3 Å². The fourth-order valence-corrected chi connectivity index (χ4v) is 5.98. The number of aromatic nitrogens is 1. The number of aromatic amines is 1. The molecule has 1 saturated carbocycles. The fraction of sp³-hybridized carbons (Fsp3) is 0.424. The fourth-order valence-electron chi connectivity index (χ4n) is 5.98. The molecule has 2 amide bonds. The Hall–Kier alpha value is -4.11. The number of amides is 2. The van der Waals surface area contributed by atoms with Gasteiger partial charge < -0.3 is 30.5 Å². The first-order chi connectivity index (χ1) is 19.9. The van der Waals surface area contributed by atoms with Crippen LogP contribution in [-0.2, 0) is 13.1 Å². The summed E-state index contributed by atoms with van der Waals surface area (Å²) in [6.07, 6.45) is 2.25. The number of carboxylic acid groups (broad SMARTS) is 1. The standard InChI is InChI=1S/C33H43N5O4/c1-20-15-21(2)35-32(40)29(20)18-34-31(39)28-16-25(24-9-7-23(8-10-24)19-37(4)5)17-30(22(28)3)38(6)27-13-11-26(12-14-27)36-33(41)42/h7-10,15-17,26-27,36H,11-14,18-19H2,1-6H3,(H,34,39)(H,35,40)(H,41,42). The highest BCUT2D eigenvalue weighted by Gasteiger charge is 2.27. The van der Waals surface area contributed by atoms with Crippen LogP contribution in [0.4, 0.5) is 10.5 Å². The van der Waals surface area contributed by atoms with Crippen molar-refractivity contribution in [1.29, 1.82) is 0 Å². The Balaban J connectivity index is 1.66. The van der Waals surface area contributed by atoms with E-state index in [0.717, 1.165) is 65.9 Å². The van der Waals surface area contributed by atoms with Gasteiger partial charge in [-0.3, -0.25) is 9.59 Å². The van der Waals surface area contributed by atoms with Crippen LogP contribution in [0.2, 0.25) is 0 Å². The molecule has 224 valence electrons. The number of nitrogens with zero attached hydrogens (tertiary/aromatic N) is 2. The van der Waals surface area contributed by atoms with Gasteiger partial charge >= 0.3 is 6.09 Å². The zero-order chi connectivity index (χ0) is 30.6. The molecule has 1 aliphatic rings. The number of carbonyl (C=O) groups is 2. The van der Waals surface area contributed by atoms with Crippen LogP contribution in [0.15, 0.2) is 47.3 Å². The number of anilines is 1. The first-order valence-corrected chi connectivity index (χ1v) is 14.5. The summed E-state index contributed by atoms with van der Waals surface area (Å²) in [5.41, 5.74) is 7.54. The molecule has 0 bridgehead atoms. The summed E-state index contributed by atoms with van der Waals surface area (Å²) in [6.45, 7) is 6.66. The predicted molar refractivity (Wildman–Crippen MR) is 167 cm³/mol. The summed E-state index contributed by atoms with van der Waals surface area (Å²) in [7, 11) is 6.13. The topological polar surface area (TPSA) is 118 Å². The van der Waals surface area contributed by atoms with E-state index in [1.807, 2.05) is 47.0 Å². The van der Waals surface area contributed by atoms with Crippen molar-refractivity contribution in [3.8, 4) is 11.1 Å². The molecule has 9 nitrogen and oxygen atoms in total. The van der Waals surface area contributed by atoms with Crippen LogP contribution in [-0.4, -0.2) is 60.2 Å². The third-order valence-electron chi connectivity index (χ3n) is 8.28. The van der Waals surface area contributed by atoms with Crippen molar-refractivity contribution in [3.05, 3.63) is 86.3 Å². The van der Waals surface area contributed by atoms with Gasteiger partial charge in [0, 0.05) is 54.7 Å². The highest BCUT2D eigenvalue weighted by atomic mass is 16.4. The zero-order valence-corrected chi connectivity index (χ0v) is 25.5. The SMILES string of the molecule is Cc1cc(C)c(CNC(=O)c2cc(-c3ccc(CN(C)C)cc3)cc(N(C)C3CCC(NC(=O)O)CC3)c2C)c(=O)[nH]1. The number of nitrogens with one attached hydrogen (secondary N) is 3. The summed E-state index contributed by atoms with van der Waals surface area (Å²) in [5.74, 6) is -0.234. The minimum atomic E-state index is -0.981. The van der Waals surface area contributed by atoms with Crippen molar-refractivity contribution >= 4 is 17.7 Å². The lowest BCUT2D eigenvalue weighted by Crippen LogP contribution is -2.42. The van der Waals surface area contributed by atoms with E-state index in [-0.39, 0.29) is 30.1 Å². The smallest absolute Gasteiger partial charge is 0.404 e. The van der Waals surface area contributed by atoms with Crippen LogP contribution in [0.5, 0.6) is 0 Å². The lowest BCUT2D eigenvalue weighted by molar-refractivity contribution is 0.0950. The second-order valence-corrected chi connectivity index (χ2v) is 11.8. The molecule has 0 spiro atoms. The van der Waals surface area contributed by atoms with Crippen molar-refractivity contribution in [2.24, 2.45) is 0 Å². The molecule has 1 heterocycles. The first kappa shape index (κ1) is 30.8. The zero-order valence-electron chi connectivity index (χ0n) is 25.5. The van der Waals surface area contributed by atoms with Crippen LogP contribution in [0.1, 0.15) is 64.0 Å². The number of H-pyrrole nitrogens is 1. The Morgan fingerprint density at radius 3 is 2.21 bits per heavy atom. The molecule has 4 N–H and O–H groups in total. The monoisotopic (exact) mass is 573 g/mol. The Morgan fingerprint density at radius 2 is 1.62 bits per heavy atom. The van der Waals surface area contributed by atoms with E-state index in [2.05, 4.69) is 62.8 Å². The van der Waals surface area contributed by atoms with E-state index < -0.39 is 6.09 Å². The second-order valence-electron chi connectivity index (χ2n) is 11.8. The third-order valence-corrected chi connectivity index (χ3v) is 8.28. The van der Waals surface area contributed by atoms with Gasteiger partial charge in [-0.25, -0.2) is 4.79 Å². The molecule has 1 fully saturated rings. The Kier molecular flexibility index (Phi) is 9.73. The van der Waals surface area contributed by atoms with Crippen LogP contribution in [0.25, 0.3) is 11.1 Å². The highest BCUT2D eigenvalue weighted by Crippen LogP contribution is 2.34. The van der Waals surface area contributed by atoms with E-state index in [1.54, 1.807) is 0 Å². The van der Waals surface area contributed by atoms with E-state index in [0.29, 0.717) is 11.1 Å². The van der Waals surface area contributed by atoms with Crippen molar-refractivity contribution in [2.75, 3.05) is 26.0 Å². The number of pyridine rings is 1. The molecule has 2 aromatic carbocycles. The van der Waals surface area contributed by atoms with E-state index in [1.165, 1.54) is 5.56 Å². The molecule has 3 aromatic rings. The van der Waals surface area contributed by atoms with Crippen LogP contribution in [0.3, 0.4) is 0 Å². The molecule has 0 radical (unpaired) electrons. The molecule has 0 atom stereocenters. The third kappa shape index (κ3) is 7.39. The lowest BCUT2D eigenvalue weighted by Gasteiger charge is -2.37. The van der Waals surface area contributed by atoms with Crippen molar-refractivity contribution < 1.29 is 14.7 Å². The van der Waals surface area contributed by atoms with Gasteiger partial charge in [0.25, 0.3) is 11.5 Å². The normalized spacial score (nSPS) is 16.7. The molecule has 4 rings (SSSR count). The van der Waals surface area contributed by atoms with Gasteiger partial charge in [-0.15, -0.1) is 0 Å². The lowest BCUT2D eigenvalue weighted by atomic mass is 9.89. The molecule has 1 aromatic heterocycles. The average Bonchev–Trinajstić information content (AvgIpc) is 2.92. The van der Waals surface area contributed by atoms with Crippen LogP contribution >= 0.6 is 0 Å². The first-order valence-electron chi connectivity index (χ1n) is 14.5. The molecule has 0 unspecified atom stereocenters. The number of carbonyl (C=O) groups excluding carboxylic acids is 1. The summed E-state index contributed by atoms with van der Waals surface area (Å²) >= 11 is 0. The van der Waals surface area contributed by atoms with E-state index in [9.17, 15) is 14.4 Å². The Bertz CT molecular complexity index is 1490. The molecule has 1 aliphatic carbocycles. The minimum absolute atomic E-state index is 0.0324. The minimum Gasteiger partial charge on any atom is -0.465 e. The van der Waals surface area contributed by atoms with Gasteiger partial charge in [0.05, 0.1) is 0 Å². The maximum atomic E-state index is 13.7. The summed E-state index contributed by atoms with van der Waals surface area (Å²) in [5, 5.41) is 14.7. The highest BCUT2D eigenvalue weighted by molar-refractivity contribution is 5.99. The second kappa shape index (κ2) is 13.2. The maximum Gasteiger partial charge on any atom is 0.404 e. The largest absolute Gasteiger partial charge is 0.465 e. The molecule has 9 heteroatoms. The summed E-state index contributed by atoms with van der Waals surface area (Å²) in [4.78, 5) is 44.5. The van der Waals surface area contributed by atoms with Gasteiger partial charge in [0.1, 0.15) is 0 Å². The molecule has 0 aliphatic heterocycles. The van der Waals surface area contributed by atoms with Gasteiger partial charge in [0.2, 0.25) is 0 Å². The van der Waals surface area contributed by atoms with E-state index in [4.69, 9.17) is 5.11 Å². The number of hydrogen-bond donors (Lipinski definition) is 4.